The van der Waals surface area contributed by atoms with E-state index in [1.807, 2.05) is 0 Å². The molecule has 0 amide bonds. The van der Waals surface area contributed by atoms with Gasteiger partial charge in [-0.1, -0.05) is 17.7 Å². The van der Waals surface area contributed by atoms with Gasteiger partial charge in [-0.25, -0.2) is 4.79 Å². The molecule has 0 aliphatic carbocycles. The summed E-state index contributed by atoms with van der Waals surface area (Å²) in [6, 6.07) is 8.33. The summed E-state index contributed by atoms with van der Waals surface area (Å²) in [5.41, 5.74) is -0.401. The van der Waals surface area contributed by atoms with Crippen LogP contribution < -0.4 is 14.2 Å². The standard InChI is InChI=1S/C15H12ClNO6/c1-21-12-4-3-5-13(22-2)14(12)23-15(18)10-8-9(17(19)20)6-7-11(10)16/h3-8H,1-2H3. The quantitative estimate of drug-likeness (QED) is 0.359. The second-order valence-electron chi connectivity index (χ2n) is 4.30. The normalized spacial score (nSPS) is 10.0. The molecule has 120 valence electrons. The van der Waals surface area contributed by atoms with E-state index in [0.717, 1.165) is 6.07 Å². The molecular weight excluding hydrogens is 326 g/mol. The molecule has 8 heteroatoms. The molecule has 2 aromatic carbocycles. The highest BCUT2D eigenvalue weighted by molar-refractivity contribution is 6.33. The molecule has 7 nitrogen and oxygen atoms in total. The maximum Gasteiger partial charge on any atom is 0.345 e. The summed E-state index contributed by atoms with van der Waals surface area (Å²) >= 11 is 5.92. The molecule has 0 radical (unpaired) electrons. The van der Waals surface area contributed by atoms with Crippen LogP contribution in [-0.4, -0.2) is 25.1 Å². The first-order valence-electron chi connectivity index (χ1n) is 6.35. The summed E-state index contributed by atoms with van der Waals surface area (Å²) in [5, 5.41) is 10.9. The largest absolute Gasteiger partial charge is 0.493 e. The zero-order chi connectivity index (χ0) is 17.0. The third kappa shape index (κ3) is 3.51. The van der Waals surface area contributed by atoms with Crippen molar-refractivity contribution in [2.24, 2.45) is 0 Å². The molecular formula is C15H12ClNO6. The van der Waals surface area contributed by atoms with E-state index in [0.29, 0.717) is 0 Å². The Morgan fingerprint density at radius 1 is 1.13 bits per heavy atom. The Hall–Kier alpha value is -2.80. The number of methoxy groups -OCH3 is 2. The van der Waals surface area contributed by atoms with Crippen molar-refractivity contribution in [3.63, 3.8) is 0 Å². The van der Waals surface area contributed by atoms with E-state index in [-0.39, 0.29) is 33.5 Å². The fourth-order valence-corrected chi connectivity index (χ4v) is 2.04. The van der Waals surface area contributed by atoms with Gasteiger partial charge in [0.25, 0.3) is 5.69 Å². The number of non-ortho nitro benzene ring substituents is 1. The Bertz CT molecular complexity index is 739. The van der Waals surface area contributed by atoms with Gasteiger partial charge in [-0.15, -0.1) is 0 Å². The topological polar surface area (TPSA) is 87.9 Å². The predicted octanol–water partition coefficient (Wildman–Crippen LogP) is 3.48. The average molecular weight is 338 g/mol. The van der Waals surface area contributed by atoms with Gasteiger partial charge in [-0.3, -0.25) is 10.1 Å². The molecule has 0 aliphatic rings. The van der Waals surface area contributed by atoms with Crippen molar-refractivity contribution in [3.05, 3.63) is 57.1 Å². The minimum absolute atomic E-state index is 0.0365. The van der Waals surface area contributed by atoms with Crippen LogP contribution >= 0.6 is 11.6 Å². The Morgan fingerprint density at radius 2 is 1.74 bits per heavy atom. The van der Waals surface area contributed by atoms with Crippen LogP contribution in [0.4, 0.5) is 5.69 Å². The number of carbonyl (C=O) groups is 1. The molecule has 0 saturated heterocycles. The monoisotopic (exact) mass is 337 g/mol. The van der Waals surface area contributed by atoms with Crippen LogP contribution in [0.2, 0.25) is 5.02 Å². The van der Waals surface area contributed by atoms with Crippen molar-refractivity contribution in [2.45, 2.75) is 0 Å². The number of nitro benzene ring substituents is 1. The highest BCUT2D eigenvalue weighted by atomic mass is 35.5. The molecule has 0 saturated carbocycles. The number of ether oxygens (including phenoxy) is 3. The first-order valence-corrected chi connectivity index (χ1v) is 6.72. The van der Waals surface area contributed by atoms with Gasteiger partial charge < -0.3 is 14.2 Å². The molecule has 0 atom stereocenters. The van der Waals surface area contributed by atoms with Crippen LogP contribution in [0, 0.1) is 10.1 Å². The Morgan fingerprint density at radius 3 is 2.26 bits per heavy atom. The highest BCUT2D eigenvalue weighted by Crippen LogP contribution is 2.37. The van der Waals surface area contributed by atoms with Gasteiger partial charge in [-0.05, 0) is 18.2 Å². The second-order valence-corrected chi connectivity index (χ2v) is 4.71. The van der Waals surface area contributed by atoms with Gasteiger partial charge in [0.1, 0.15) is 0 Å². The second kappa shape index (κ2) is 6.97. The molecule has 0 unspecified atom stereocenters. The third-order valence-electron chi connectivity index (χ3n) is 2.96. The lowest BCUT2D eigenvalue weighted by molar-refractivity contribution is -0.384. The smallest absolute Gasteiger partial charge is 0.345 e. The van der Waals surface area contributed by atoms with Crippen LogP contribution in [-0.2, 0) is 0 Å². The van der Waals surface area contributed by atoms with Gasteiger partial charge in [-0.2, -0.15) is 0 Å². The molecule has 0 aromatic heterocycles. The summed E-state index contributed by atoms with van der Waals surface area (Å²) in [7, 11) is 2.82. The van der Waals surface area contributed by atoms with Crippen LogP contribution in [0.15, 0.2) is 36.4 Å². The number of nitrogens with zero attached hydrogens (tertiary/aromatic N) is 1. The van der Waals surface area contributed by atoms with Gasteiger partial charge in [0, 0.05) is 12.1 Å². The van der Waals surface area contributed by atoms with E-state index in [2.05, 4.69) is 0 Å². The molecule has 0 N–H and O–H groups in total. The summed E-state index contributed by atoms with van der Waals surface area (Å²) in [5.74, 6) is -0.245. The number of esters is 1. The van der Waals surface area contributed by atoms with E-state index in [1.54, 1.807) is 18.2 Å². The molecule has 0 spiro atoms. The van der Waals surface area contributed by atoms with Gasteiger partial charge in [0.2, 0.25) is 5.75 Å². The maximum atomic E-state index is 12.3. The van der Waals surface area contributed by atoms with Crippen molar-refractivity contribution >= 4 is 23.3 Å². The number of halogens is 1. The van der Waals surface area contributed by atoms with Gasteiger partial charge in [0.05, 0.1) is 29.7 Å². The Kier molecular flexibility index (Phi) is 5.02. The van der Waals surface area contributed by atoms with Crippen LogP contribution in [0.3, 0.4) is 0 Å². The zero-order valence-corrected chi connectivity index (χ0v) is 13.0. The first kappa shape index (κ1) is 16.6. The van der Waals surface area contributed by atoms with E-state index < -0.39 is 10.9 Å². The van der Waals surface area contributed by atoms with E-state index >= 15 is 0 Å². The third-order valence-corrected chi connectivity index (χ3v) is 3.29. The lowest BCUT2D eigenvalue weighted by Crippen LogP contribution is -2.11. The van der Waals surface area contributed by atoms with E-state index in [9.17, 15) is 14.9 Å². The van der Waals surface area contributed by atoms with Gasteiger partial charge in [0.15, 0.2) is 11.5 Å². The Labute approximate surface area is 136 Å². The fourth-order valence-electron chi connectivity index (χ4n) is 1.85. The molecule has 2 aromatic rings. The summed E-state index contributed by atoms with van der Waals surface area (Å²) in [4.78, 5) is 22.5. The van der Waals surface area contributed by atoms with Gasteiger partial charge >= 0.3 is 5.97 Å². The molecule has 0 bridgehead atoms. The summed E-state index contributed by atoms with van der Waals surface area (Å²) in [6.07, 6.45) is 0. The van der Waals surface area contributed by atoms with Crippen LogP contribution in [0.25, 0.3) is 0 Å². The van der Waals surface area contributed by atoms with Crippen molar-refractivity contribution in [1.29, 1.82) is 0 Å². The lowest BCUT2D eigenvalue weighted by Gasteiger charge is -2.13. The Balaban J connectivity index is 2.40. The maximum absolute atomic E-state index is 12.3. The fraction of sp³-hybridized carbons (Fsp3) is 0.133. The average Bonchev–Trinajstić information content (AvgIpc) is 2.55. The number of para-hydroxylation sites is 1. The summed E-state index contributed by atoms with van der Waals surface area (Å²) in [6.45, 7) is 0. The molecule has 23 heavy (non-hydrogen) atoms. The molecule has 2 rings (SSSR count). The van der Waals surface area contributed by atoms with Crippen molar-refractivity contribution in [3.8, 4) is 17.2 Å². The number of nitro groups is 1. The minimum atomic E-state index is -0.860. The highest BCUT2D eigenvalue weighted by Gasteiger charge is 2.21. The first-order chi connectivity index (χ1) is 11.0. The lowest BCUT2D eigenvalue weighted by atomic mass is 10.2. The predicted molar refractivity (Wildman–Crippen MR) is 82.6 cm³/mol. The van der Waals surface area contributed by atoms with Crippen LogP contribution in [0.5, 0.6) is 17.2 Å². The molecule has 0 heterocycles. The SMILES string of the molecule is COc1cccc(OC)c1OC(=O)c1cc([N+](=O)[O-])ccc1Cl. The number of benzene rings is 2. The van der Waals surface area contributed by atoms with E-state index in [4.69, 9.17) is 25.8 Å². The minimum Gasteiger partial charge on any atom is -0.493 e. The molecule has 0 aliphatic heterocycles. The number of hydrogen-bond acceptors (Lipinski definition) is 6. The number of rotatable bonds is 5. The van der Waals surface area contributed by atoms with E-state index in [1.165, 1.54) is 26.4 Å². The number of hydrogen-bond donors (Lipinski definition) is 0. The van der Waals surface area contributed by atoms with Crippen molar-refractivity contribution in [1.82, 2.24) is 0 Å². The molecule has 0 fully saturated rings. The summed E-state index contributed by atoms with van der Waals surface area (Å²) < 4.78 is 15.5. The van der Waals surface area contributed by atoms with Crippen LogP contribution in [0.1, 0.15) is 10.4 Å². The number of carbonyl (C=O) groups excluding carboxylic acids is 1. The van der Waals surface area contributed by atoms with Crippen molar-refractivity contribution < 1.29 is 23.9 Å². The van der Waals surface area contributed by atoms with Crippen molar-refractivity contribution in [2.75, 3.05) is 14.2 Å². The zero-order valence-electron chi connectivity index (χ0n) is 12.2.